The van der Waals surface area contributed by atoms with Crippen molar-refractivity contribution in [2.24, 2.45) is 7.05 Å². The number of hydrogen-bond acceptors (Lipinski definition) is 3. The van der Waals surface area contributed by atoms with Crippen LogP contribution < -0.4 is 0 Å². The van der Waals surface area contributed by atoms with Crippen LogP contribution in [0.3, 0.4) is 0 Å². The van der Waals surface area contributed by atoms with Crippen LogP contribution in [-0.4, -0.2) is 29.6 Å². The van der Waals surface area contributed by atoms with Crippen LogP contribution in [0, 0.1) is 0 Å². The Morgan fingerprint density at radius 3 is 2.62 bits per heavy atom. The van der Waals surface area contributed by atoms with Crippen molar-refractivity contribution in [3.8, 4) is 0 Å². The summed E-state index contributed by atoms with van der Waals surface area (Å²) in [4.78, 5) is 0.225. The Hall–Kier alpha value is -0.890. The van der Waals surface area contributed by atoms with Crippen LogP contribution in [0.25, 0.3) is 0 Å². The lowest BCUT2D eigenvalue weighted by Gasteiger charge is -2.17. The SMILES string of the molecule is CN(Cc1cnn(C)c1)S(=O)(=O)c1ccc(CCl)cc1Br. The Balaban J connectivity index is 2.28. The van der Waals surface area contributed by atoms with Gasteiger partial charge in [0.25, 0.3) is 0 Å². The fourth-order valence-corrected chi connectivity index (χ4v) is 4.31. The van der Waals surface area contributed by atoms with E-state index in [0.29, 0.717) is 10.4 Å². The summed E-state index contributed by atoms with van der Waals surface area (Å²) in [6, 6.07) is 5.00. The van der Waals surface area contributed by atoms with Gasteiger partial charge in [-0.3, -0.25) is 4.68 Å². The van der Waals surface area contributed by atoms with Crippen LogP contribution in [0.15, 0.2) is 40.0 Å². The Morgan fingerprint density at radius 2 is 2.10 bits per heavy atom. The molecular formula is C13H15BrClN3O2S. The van der Waals surface area contributed by atoms with Gasteiger partial charge in [-0.15, -0.1) is 11.6 Å². The molecule has 1 heterocycles. The van der Waals surface area contributed by atoms with E-state index in [0.717, 1.165) is 11.1 Å². The molecule has 0 fully saturated rings. The molecule has 0 radical (unpaired) electrons. The third-order valence-electron chi connectivity index (χ3n) is 3.00. The molecule has 1 aromatic heterocycles. The highest BCUT2D eigenvalue weighted by atomic mass is 79.9. The Morgan fingerprint density at radius 1 is 1.38 bits per heavy atom. The summed E-state index contributed by atoms with van der Waals surface area (Å²) in [5.41, 5.74) is 1.69. The minimum atomic E-state index is -3.58. The summed E-state index contributed by atoms with van der Waals surface area (Å²) in [6.45, 7) is 0.264. The van der Waals surface area contributed by atoms with E-state index < -0.39 is 10.0 Å². The zero-order chi connectivity index (χ0) is 15.6. The quantitative estimate of drug-likeness (QED) is 0.735. The second kappa shape index (κ2) is 6.48. The molecule has 8 heteroatoms. The number of benzene rings is 1. The number of aryl methyl sites for hydroxylation is 1. The second-order valence-electron chi connectivity index (χ2n) is 4.68. The molecule has 0 bridgehead atoms. The first-order valence-corrected chi connectivity index (χ1v) is 8.89. The predicted molar refractivity (Wildman–Crippen MR) is 85.6 cm³/mol. The average Bonchev–Trinajstić information content (AvgIpc) is 2.83. The minimum absolute atomic E-state index is 0.225. The number of alkyl halides is 1. The third-order valence-corrected chi connectivity index (χ3v) is 6.09. The fourth-order valence-electron chi connectivity index (χ4n) is 1.90. The summed E-state index contributed by atoms with van der Waals surface area (Å²) >= 11 is 9.05. The minimum Gasteiger partial charge on any atom is -0.275 e. The maximum atomic E-state index is 12.6. The first-order chi connectivity index (χ1) is 9.84. The number of nitrogens with zero attached hydrogens (tertiary/aromatic N) is 3. The van der Waals surface area contributed by atoms with Crippen molar-refractivity contribution in [1.82, 2.24) is 14.1 Å². The molecule has 5 nitrogen and oxygen atoms in total. The monoisotopic (exact) mass is 391 g/mol. The fraction of sp³-hybridized carbons (Fsp3) is 0.308. The van der Waals surface area contributed by atoms with Crippen molar-refractivity contribution in [3.63, 3.8) is 0 Å². The van der Waals surface area contributed by atoms with Gasteiger partial charge in [0.05, 0.1) is 11.1 Å². The zero-order valence-electron chi connectivity index (χ0n) is 11.6. The molecule has 0 saturated carbocycles. The van der Waals surface area contributed by atoms with Gasteiger partial charge in [-0.05, 0) is 33.6 Å². The summed E-state index contributed by atoms with van der Waals surface area (Å²) in [6.07, 6.45) is 3.44. The van der Waals surface area contributed by atoms with Crippen molar-refractivity contribution in [2.75, 3.05) is 7.05 Å². The molecule has 0 spiro atoms. The maximum Gasteiger partial charge on any atom is 0.244 e. The largest absolute Gasteiger partial charge is 0.275 e. The van der Waals surface area contributed by atoms with E-state index in [1.54, 1.807) is 49.4 Å². The normalized spacial score (nSPS) is 12.0. The summed E-state index contributed by atoms with van der Waals surface area (Å²) in [7, 11) is -0.240. The van der Waals surface area contributed by atoms with E-state index in [-0.39, 0.29) is 11.4 Å². The highest BCUT2D eigenvalue weighted by Crippen LogP contribution is 2.27. The molecule has 0 aliphatic heterocycles. The van der Waals surface area contributed by atoms with Gasteiger partial charge in [-0.2, -0.15) is 9.40 Å². The number of rotatable bonds is 5. The Bertz CT molecular complexity index is 746. The van der Waals surface area contributed by atoms with Crippen LogP contribution in [0.5, 0.6) is 0 Å². The molecule has 114 valence electrons. The Labute approximate surface area is 137 Å². The lowest BCUT2D eigenvalue weighted by atomic mass is 10.2. The van der Waals surface area contributed by atoms with Crippen LogP contribution in [-0.2, 0) is 29.5 Å². The smallest absolute Gasteiger partial charge is 0.244 e. The molecule has 2 aromatic rings. The van der Waals surface area contributed by atoms with Crippen LogP contribution >= 0.6 is 27.5 Å². The number of halogens is 2. The van der Waals surface area contributed by atoms with Crippen molar-refractivity contribution in [3.05, 3.63) is 46.2 Å². The summed E-state index contributed by atoms with van der Waals surface area (Å²) < 4.78 is 28.6. The van der Waals surface area contributed by atoms with E-state index in [1.807, 2.05) is 0 Å². The Kier molecular flexibility index (Phi) is 5.08. The summed E-state index contributed by atoms with van der Waals surface area (Å²) in [5, 5.41) is 4.04. The van der Waals surface area contributed by atoms with E-state index in [2.05, 4.69) is 21.0 Å². The van der Waals surface area contributed by atoms with Crippen LogP contribution in [0.2, 0.25) is 0 Å². The first-order valence-electron chi connectivity index (χ1n) is 6.13. The number of sulfonamides is 1. The van der Waals surface area contributed by atoms with Gasteiger partial charge >= 0.3 is 0 Å². The molecular weight excluding hydrogens is 378 g/mol. The van der Waals surface area contributed by atoms with Crippen molar-refractivity contribution in [1.29, 1.82) is 0 Å². The molecule has 0 aliphatic carbocycles. The van der Waals surface area contributed by atoms with Gasteiger partial charge in [-0.1, -0.05) is 6.07 Å². The maximum absolute atomic E-state index is 12.6. The van der Waals surface area contributed by atoms with Gasteiger partial charge < -0.3 is 0 Å². The molecule has 0 aliphatic rings. The van der Waals surface area contributed by atoms with Crippen LogP contribution in [0.4, 0.5) is 0 Å². The molecule has 0 amide bonds. The van der Waals surface area contributed by atoms with Gasteiger partial charge in [0, 0.05) is 42.8 Å². The highest BCUT2D eigenvalue weighted by Gasteiger charge is 2.23. The van der Waals surface area contributed by atoms with E-state index in [1.165, 1.54) is 4.31 Å². The molecule has 0 N–H and O–H groups in total. The van der Waals surface area contributed by atoms with E-state index in [9.17, 15) is 8.42 Å². The van der Waals surface area contributed by atoms with Gasteiger partial charge in [0.1, 0.15) is 0 Å². The third kappa shape index (κ3) is 3.66. The molecule has 1 aromatic carbocycles. The molecule has 21 heavy (non-hydrogen) atoms. The topological polar surface area (TPSA) is 55.2 Å². The second-order valence-corrected chi connectivity index (χ2v) is 7.82. The van der Waals surface area contributed by atoms with E-state index >= 15 is 0 Å². The highest BCUT2D eigenvalue weighted by molar-refractivity contribution is 9.10. The van der Waals surface area contributed by atoms with Crippen LogP contribution in [0.1, 0.15) is 11.1 Å². The number of hydrogen-bond donors (Lipinski definition) is 0. The average molecular weight is 393 g/mol. The van der Waals surface area contributed by atoms with Gasteiger partial charge in [0.2, 0.25) is 10.0 Å². The lowest BCUT2D eigenvalue weighted by molar-refractivity contribution is 0.466. The first kappa shape index (κ1) is 16.5. The lowest BCUT2D eigenvalue weighted by Crippen LogP contribution is -2.26. The van der Waals surface area contributed by atoms with Gasteiger partial charge in [0.15, 0.2) is 0 Å². The van der Waals surface area contributed by atoms with Gasteiger partial charge in [-0.25, -0.2) is 8.42 Å². The molecule has 0 saturated heterocycles. The zero-order valence-corrected chi connectivity index (χ0v) is 14.8. The summed E-state index contributed by atoms with van der Waals surface area (Å²) in [5.74, 6) is 0.338. The van der Waals surface area contributed by atoms with Crippen molar-refractivity contribution >= 4 is 37.6 Å². The number of aromatic nitrogens is 2. The standard InChI is InChI=1S/C13H15BrClN3O2S/c1-17-8-11(7-16-17)9-18(2)21(19,20)13-4-3-10(6-15)5-12(13)14/h3-5,7-8H,6,9H2,1-2H3. The molecule has 0 unspecified atom stereocenters. The van der Waals surface area contributed by atoms with Crippen molar-refractivity contribution in [2.45, 2.75) is 17.3 Å². The van der Waals surface area contributed by atoms with E-state index in [4.69, 9.17) is 11.6 Å². The van der Waals surface area contributed by atoms with Crippen molar-refractivity contribution < 1.29 is 8.42 Å². The predicted octanol–water partition coefficient (Wildman–Crippen LogP) is 2.74. The molecule has 0 atom stereocenters. The molecule has 2 rings (SSSR count).